The van der Waals surface area contributed by atoms with Gasteiger partial charge in [-0.3, -0.25) is 4.99 Å². The van der Waals surface area contributed by atoms with Gasteiger partial charge in [0, 0.05) is 45.6 Å². The number of ether oxygens (including phenoxy) is 3. The standard InChI is InChI=1S/C22H32N4O3.HI/c1-17(2)16-28-13-5-12-24-22(23-3)26-15-18-6-11-21(25-14-18)29-20-9-7-19(27-4)8-10-20;/h6-11,14,17H,5,12-13,15-16H2,1-4H3,(H2,23,24,26);1H. The van der Waals surface area contributed by atoms with Crippen molar-refractivity contribution >= 4 is 29.9 Å². The fraction of sp³-hybridized carbons (Fsp3) is 0.455. The monoisotopic (exact) mass is 528 g/mol. The van der Waals surface area contributed by atoms with Gasteiger partial charge >= 0.3 is 0 Å². The quantitative estimate of drug-likeness (QED) is 0.197. The lowest BCUT2D eigenvalue weighted by Crippen LogP contribution is -2.37. The highest BCUT2D eigenvalue weighted by Crippen LogP contribution is 2.22. The van der Waals surface area contributed by atoms with Gasteiger partial charge in [-0.1, -0.05) is 19.9 Å². The van der Waals surface area contributed by atoms with Gasteiger partial charge in [0.05, 0.1) is 7.11 Å². The molecule has 0 bridgehead atoms. The first kappa shape index (κ1) is 26.0. The fourth-order valence-electron chi connectivity index (χ4n) is 2.45. The Morgan fingerprint density at radius 1 is 1.07 bits per heavy atom. The molecular weight excluding hydrogens is 495 g/mol. The van der Waals surface area contributed by atoms with Crippen molar-refractivity contribution in [3.05, 3.63) is 48.2 Å². The molecule has 0 saturated heterocycles. The third-order valence-electron chi connectivity index (χ3n) is 3.97. The van der Waals surface area contributed by atoms with E-state index >= 15 is 0 Å². The molecule has 0 saturated carbocycles. The SMILES string of the molecule is CN=C(NCCCOCC(C)C)NCc1ccc(Oc2ccc(OC)cc2)nc1.I. The smallest absolute Gasteiger partial charge is 0.219 e. The second-order valence-electron chi connectivity index (χ2n) is 6.96. The van der Waals surface area contributed by atoms with Gasteiger partial charge < -0.3 is 24.8 Å². The molecule has 0 aliphatic carbocycles. The van der Waals surface area contributed by atoms with Crippen LogP contribution < -0.4 is 20.1 Å². The molecule has 8 heteroatoms. The van der Waals surface area contributed by atoms with Crippen LogP contribution in [0.15, 0.2) is 47.6 Å². The normalized spacial score (nSPS) is 11.0. The number of nitrogens with zero attached hydrogens (tertiary/aromatic N) is 2. The second-order valence-corrected chi connectivity index (χ2v) is 6.96. The molecule has 2 aromatic rings. The molecule has 30 heavy (non-hydrogen) atoms. The topological polar surface area (TPSA) is 77.0 Å². The Morgan fingerprint density at radius 2 is 1.80 bits per heavy atom. The predicted molar refractivity (Wildman–Crippen MR) is 131 cm³/mol. The van der Waals surface area contributed by atoms with Crippen LogP contribution in [0.4, 0.5) is 0 Å². The molecule has 1 aromatic carbocycles. The van der Waals surface area contributed by atoms with Crippen LogP contribution in [0, 0.1) is 5.92 Å². The summed E-state index contributed by atoms with van der Waals surface area (Å²) in [6, 6.07) is 11.2. The van der Waals surface area contributed by atoms with Crippen LogP contribution in [0.3, 0.4) is 0 Å². The van der Waals surface area contributed by atoms with Crippen molar-refractivity contribution in [3.8, 4) is 17.4 Å². The highest BCUT2D eigenvalue weighted by atomic mass is 127. The van der Waals surface area contributed by atoms with Crippen LogP contribution in [-0.4, -0.2) is 44.9 Å². The van der Waals surface area contributed by atoms with Crippen LogP contribution in [0.5, 0.6) is 17.4 Å². The first-order chi connectivity index (χ1) is 14.1. The van der Waals surface area contributed by atoms with Crippen molar-refractivity contribution in [1.82, 2.24) is 15.6 Å². The molecule has 0 aliphatic heterocycles. The number of halogens is 1. The van der Waals surface area contributed by atoms with Gasteiger partial charge in [0.15, 0.2) is 5.96 Å². The molecule has 2 rings (SSSR count). The predicted octanol–water partition coefficient (Wildman–Crippen LogP) is 4.23. The zero-order chi connectivity index (χ0) is 20.9. The fourth-order valence-corrected chi connectivity index (χ4v) is 2.45. The molecule has 2 N–H and O–H groups in total. The van der Waals surface area contributed by atoms with E-state index in [2.05, 4.69) is 34.5 Å². The van der Waals surface area contributed by atoms with Gasteiger partial charge in [-0.15, -0.1) is 24.0 Å². The van der Waals surface area contributed by atoms with E-state index in [1.807, 2.05) is 36.4 Å². The highest BCUT2D eigenvalue weighted by molar-refractivity contribution is 14.0. The molecule has 0 spiro atoms. The van der Waals surface area contributed by atoms with Crippen LogP contribution in [0.1, 0.15) is 25.8 Å². The molecule has 1 heterocycles. The van der Waals surface area contributed by atoms with Gasteiger partial charge in [-0.2, -0.15) is 0 Å². The van der Waals surface area contributed by atoms with E-state index in [0.29, 0.717) is 24.1 Å². The van der Waals surface area contributed by atoms with Crippen molar-refractivity contribution in [2.24, 2.45) is 10.9 Å². The van der Waals surface area contributed by atoms with Crippen molar-refractivity contribution in [2.75, 3.05) is 33.9 Å². The summed E-state index contributed by atoms with van der Waals surface area (Å²) < 4.78 is 16.5. The average Bonchev–Trinajstić information content (AvgIpc) is 2.74. The summed E-state index contributed by atoms with van der Waals surface area (Å²) in [7, 11) is 3.39. The third kappa shape index (κ3) is 10.1. The summed E-state index contributed by atoms with van der Waals surface area (Å²) in [5.41, 5.74) is 1.04. The summed E-state index contributed by atoms with van der Waals surface area (Å²) in [5.74, 6) is 3.37. The Hall–Kier alpha value is -2.07. The van der Waals surface area contributed by atoms with Crippen LogP contribution >= 0.6 is 24.0 Å². The van der Waals surface area contributed by atoms with E-state index in [-0.39, 0.29) is 24.0 Å². The van der Waals surface area contributed by atoms with Gasteiger partial charge in [0.25, 0.3) is 0 Å². The number of nitrogens with one attached hydrogen (secondary N) is 2. The number of pyridine rings is 1. The largest absolute Gasteiger partial charge is 0.497 e. The lowest BCUT2D eigenvalue weighted by Gasteiger charge is -2.12. The molecule has 0 fully saturated rings. The molecule has 0 aliphatic rings. The maximum absolute atomic E-state index is 5.74. The first-order valence-corrected chi connectivity index (χ1v) is 9.89. The van der Waals surface area contributed by atoms with Gasteiger partial charge in [0.2, 0.25) is 5.88 Å². The van der Waals surface area contributed by atoms with E-state index in [1.54, 1.807) is 20.4 Å². The number of aromatic nitrogens is 1. The van der Waals surface area contributed by atoms with Gasteiger partial charge in [-0.05, 0) is 42.2 Å². The van der Waals surface area contributed by atoms with E-state index in [0.717, 1.165) is 43.5 Å². The zero-order valence-corrected chi connectivity index (χ0v) is 20.5. The average molecular weight is 528 g/mol. The van der Waals surface area contributed by atoms with Crippen molar-refractivity contribution in [1.29, 1.82) is 0 Å². The minimum atomic E-state index is 0. The van der Waals surface area contributed by atoms with E-state index in [1.165, 1.54) is 0 Å². The number of hydrogen-bond donors (Lipinski definition) is 2. The summed E-state index contributed by atoms with van der Waals surface area (Å²) in [6.07, 6.45) is 2.73. The highest BCUT2D eigenvalue weighted by Gasteiger charge is 2.02. The Balaban J connectivity index is 0.00000450. The molecule has 0 radical (unpaired) electrons. The Kier molecular flexibility index (Phi) is 12.8. The molecule has 166 valence electrons. The number of methoxy groups -OCH3 is 1. The van der Waals surface area contributed by atoms with Crippen molar-refractivity contribution in [3.63, 3.8) is 0 Å². The van der Waals surface area contributed by atoms with E-state index in [9.17, 15) is 0 Å². The molecule has 1 aromatic heterocycles. The Bertz CT molecular complexity index is 737. The molecule has 0 amide bonds. The summed E-state index contributed by atoms with van der Waals surface area (Å²) in [5, 5.41) is 6.56. The molecular formula is C22H33IN4O3. The maximum atomic E-state index is 5.74. The third-order valence-corrected chi connectivity index (χ3v) is 3.97. The number of aliphatic imine (C=N–C) groups is 1. The summed E-state index contributed by atoms with van der Waals surface area (Å²) in [4.78, 5) is 8.60. The summed E-state index contributed by atoms with van der Waals surface area (Å²) >= 11 is 0. The minimum absolute atomic E-state index is 0. The van der Waals surface area contributed by atoms with Crippen LogP contribution in [-0.2, 0) is 11.3 Å². The number of benzene rings is 1. The molecule has 7 nitrogen and oxygen atoms in total. The maximum Gasteiger partial charge on any atom is 0.219 e. The first-order valence-electron chi connectivity index (χ1n) is 9.89. The second kappa shape index (κ2) is 14.8. The van der Waals surface area contributed by atoms with Crippen molar-refractivity contribution in [2.45, 2.75) is 26.8 Å². The number of rotatable bonds is 11. The lowest BCUT2D eigenvalue weighted by atomic mass is 10.2. The van der Waals surface area contributed by atoms with E-state index < -0.39 is 0 Å². The number of guanidine groups is 1. The zero-order valence-electron chi connectivity index (χ0n) is 18.2. The van der Waals surface area contributed by atoms with Crippen molar-refractivity contribution < 1.29 is 14.2 Å². The van der Waals surface area contributed by atoms with Crippen LogP contribution in [0.2, 0.25) is 0 Å². The lowest BCUT2D eigenvalue weighted by molar-refractivity contribution is 0.108. The minimum Gasteiger partial charge on any atom is -0.497 e. The Labute approximate surface area is 196 Å². The van der Waals surface area contributed by atoms with E-state index in [4.69, 9.17) is 14.2 Å². The molecule has 0 atom stereocenters. The molecule has 0 unspecified atom stereocenters. The summed E-state index contributed by atoms with van der Waals surface area (Å²) in [6.45, 7) is 7.29. The van der Waals surface area contributed by atoms with Gasteiger partial charge in [-0.25, -0.2) is 4.98 Å². The number of hydrogen-bond acceptors (Lipinski definition) is 5. The van der Waals surface area contributed by atoms with Crippen LogP contribution in [0.25, 0.3) is 0 Å². The van der Waals surface area contributed by atoms with Gasteiger partial charge in [0.1, 0.15) is 11.5 Å². The Morgan fingerprint density at radius 3 is 2.40 bits per heavy atom.